The predicted molar refractivity (Wildman–Crippen MR) is 78.9 cm³/mol. The molecule has 9 heteroatoms. The number of rotatable bonds is 5. The van der Waals surface area contributed by atoms with E-state index in [-0.39, 0.29) is 5.92 Å². The Balaban J connectivity index is 1.60. The molecule has 2 aromatic heterocycles. The third kappa shape index (κ3) is 2.87. The maximum atomic E-state index is 11.9. The highest BCUT2D eigenvalue weighted by Crippen LogP contribution is 2.24. The summed E-state index contributed by atoms with van der Waals surface area (Å²) < 4.78 is 31.7. The molecule has 0 spiro atoms. The van der Waals surface area contributed by atoms with Crippen LogP contribution in [-0.2, 0) is 16.6 Å². The summed E-state index contributed by atoms with van der Waals surface area (Å²) in [4.78, 5) is 8.34. The molecular formula is C13H17N5O3S. The van der Waals surface area contributed by atoms with Crippen molar-refractivity contribution in [2.24, 2.45) is 5.92 Å². The Bertz CT molecular complexity index is 738. The first-order valence-electron chi connectivity index (χ1n) is 6.87. The summed E-state index contributed by atoms with van der Waals surface area (Å²) in [5, 5.41) is 3.93. The minimum atomic E-state index is -3.31. The summed E-state index contributed by atoms with van der Waals surface area (Å²) in [6, 6.07) is 3.66. The Kier molecular flexibility index (Phi) is 3.94. The van der Waals surface area contributed by atoms with Crippen LogP contribution >= 0.6 is 0 Å². The van der Waals surface area contributed by atoms with Gasteiger partial charge in [0.05, 0.1) is 0 Å². The van der Waals surface area contributed by atoms with Crippen molar-refractivity contribution in [1.82, 2.24) is 23.7 Å². The highest BCUT2D eigenvalue weighted by atomic mass is 32.2. The Hall–Kier alpha value is -1.84. The molecule has 0 radical (unpaired) electrons. The maximum Gasteiger partial charge on any atom is 0.281 e. The van der Waals surface area contributed by atoms with Crippen molar-refractivity contribution in [2.75, 3.05) is 27.2 Å². The van der Waals surface area contributed by atoms with Gasteiger partial charge in [0.25, 0.3) is 10.2 Å². The zero-order valence-corrected chi connectivity index (χ0v) is 13.2. The van der Waals surface area contributed by atoms with Crippen LogP contribution in [0.25, 0.3) is 11.4 Å². The first-order valence-corrected chi connectivity index (χ1v) is 8.27. The molecule has 3 rings (SSSR count). The zero-order valence-electron chi connectivity index (χ0n) is 12.4. The van der Waals surface area contributed by atoms with Crippen LogP contribution in [-0.4, -0.2) is 59.3 Å². The summed E-state index contributed by atoms with van der Waals surface area (Å²) >= 11 is 0. The second kappa shape index (κ2) is 5.75. The highest BCUT2D eigenvalue weighted by Gasteiger charge is 2.37. The third-order valence-electron chi connectivity index (χ3n) is 3.56. The average Bonchev–Trinajstić information content (AvgIpc) is 2.91. The molecule has 0 unspecified atom stereocenters. The molecule has 0 aromatic carbocycles. The van der Waals surface area contributed by atoms with Crippen molar-refractivity contribution in [3.05, 3.63) is 30.4 Å². The lowest BCUT2D eigenvalue weighted by atomic mass is 9.99. The number of pyridine rings is 1. The van der Waals surface area contributed by atoms with E-state index in [4.69, 9.17) is 4.52 Å². The Morgan fingerprint density at radius 1 is 1.41 bits per heavy atom. The first-order chi connectivity index (χ1) is 10.5. The van der Waals surface area contributed by atoms with Crippen LogP contribution in [0.3, 0.4) is 0 Å². The van der Waals surface area contributed by atoms with Crippen LogP contribution in [0.4, 0.5) is 0 Å². The Labute approximate surface area is 128 Å². The van der Waals surface area contributed by atoms with Gasteiger partial charge in [0, 0.05) is 51.6 Å². The predicted octanol–water partition coefficient (Wildman–Crippen LogP) is 0.412. The van der Waals surface area contributed by atoms with Gasteiger partial charge in [-0.15, -0.1) is 0 Å². The second-order valence-electron chi connectivity index (χ2n) is 5.43. The fourth-order valence-electron chi connectivity index (χ4n) is 2.27. The Morgan fingerprint density at radius 2 is 2.18 bits per heavy atom. The van der Waals surface area contributed by atoms with Crippen molar-refractivity contribution in [2.45, 2.75) is 6.42 Å². The minimum absolute atomic E-state index is 0.205. The standard InChI is InChI=1S/C13H17N5O3S/c1-17(2)22(19,20)18-8-10(9-18)6-12-15-13(16-21-12)11-4-3-5-14-7-11/h3-5,7,10H,6,8-9H2,1-2H3. The molecule has 22 heavy (non-hydrogen) atoms. The molecule has 0 atom stereocenters. The first kappa shape index (κ1) is 15.1. The number of hydrogen-bond donors (Lipinski definition) is 0. The van der Waals surface area contributed by atoms with Crippen LogP contribution in [0.15, 0.2) is 29.0 Å². The molecular weight excluding hydrogens is 306 g/mol. The smallest absolute Gasteiger partial charge is 0.281 e. The molecule has 3 heterocycles. The largest absolute Gasteiger partial charge is 0.339 e. The molecule has 0 N–H and O–H groups in total. The molecule has 8 nitrogen and oxygen atoms in total. The Morgan fingerprint density at radius 3 is 2.82 bits per heavy atom. The van der Waals surface area contributed by atoms with Crippen LogP contribution < -0.4 is 0 Å². The van der Waals surface area contributed by atoms with Gasteiger partial charge in [-0.2, -0.15) is 22.0 Å². The van der Waals surface area contributed by atoms with Gasteiger partial charge in [-0.25, -0.2) is 0 Å². The summed E-state index contributed by atoms with van der Waals surface area (Å²) in [7, 11) is -0.254. The van der Waals surface area contributed by atoms with E-state index >= 15 is 0 Å². The van der Waals surface area contributed by atoms with Crippen LogP contribution in [0, 0.1) is 5.92 Å². The van der Waals surface area contributed by atoms with Gasteiger partial charge >= 0.3 is 0 Å². The van der Waals surface area contributed by atoms with Gasteiger partial charge < -0.3 is 4.52 Å². The van der Waals surface area contributed by atoms with Crippen molar-refractivity contribution >= 4 is 10.2 Å². The lowest BCUT2D eigenvalue weighted by Crippen LogP contribution is -2.54. The monoisotopic (exact) mass is 323 g/mol. The van der Waals surface area contributed by atoms with Gasteiger partial charge in [0.2, 0.25) is 11.7 Å². The molecule has 1 aliphatic heterocycles. The normalized spacial score (nSPS) is 16.9. The number of nitrogens with zero attached hydrogens (tertiary/aromatic N) is 5. The minimum Gasteiger partial charge on any atom is -0.339 e. The van der Waals surface area contributed by atoms with E-state index in [2.05, 4.69) is 15.1 Å². The van der Waals surface area contributed by atoms with Crippen molar-refractivity contribution in [1.29, 1.82) is 0 Å². The average molecular weight is 323 g/mol. The number of aromatic nitrogens is 3. The van der Waals surface area contributed by atoms with E-state index < -0.39 is 10.2 Å². The molecule has 2 aromatic rings. The molecule has 1 saturated heterocycles. The molecule has 118 valence electrons. The fraction of sp³-hybridized carbons (Fsp3) is 0.462. The summed E-state index contributed by atoms with van der Waals surface area (Å²) in [5.41, 5.74) is 0.794. The SMILES string of the molecule is CN(C)S(=O)(=O)N1CC(Cc2nc(-c3cccnc3)no2)C1. The van der Waals surface area contributed by atoms with Gasteiger partial charge in [-0.05, 0) is 18.1 Å². The quantitative estimate of drug-likeness (QED) is 0.791. The molecule has 1 fully saturated rings. The van der Waals surface area contributed by atoms with Crippen molar-refractivity contribution < 1.29 is 12.9 Å². The third-order valence-corrected chi connectivity index (χ3v) is 5.44. The van der Waals surface area contributed by atoms with Crippen molar-refractivity contribution in [3.63, 3.8) is 0 Å². The van der Waals surface area contributed by atoms with E-state index in [0.717, 1.165) is 5.56 Å². The summed E-state index contributed by atoms with van der Waals surface area (Å²) in [6.45, 7) is 0.955. The van der Waals surface area contributed by atoms with E-state index in [1.54, 1.807) is 18.5 Å². The van der Waals surface area contributed by atoms with Crippen LogP contribution in [0.5, 0.6) is 0 Å². The van der Waals surface area contributed by atoms with Crippen LogP contribution in [0.1, 0.15) is 5.89 Å². The van der Waals surface area contributed by atoms with Crippen molar-refractivity contribution in [3.8, 4) is 11.4 Å². The van der Waals surface area contributed by atoms with E-state index in [9.17, 15) is 8.42 Å². The summed E-state index contributed by atoms with van der Waals surface area (Å²) in [5.74, 6) is 1.22. The zero-order chi connectivity index (χ0) is 15.7. The highest BCUT2D eigenvalue weighted by molar-refractivity contribution is 7.86. The molecule has 1 aliphatic rings. The summed E-state index contributed by atoms with van der Waals surface area (Å²) in [6.07, 6.45) is 3.93. The fourth-order valence-corrected chi connectivity index (χ4v) is 3.53. The molecule has 0 saturated carbocycles. The van der Waals surface area contributed by atoms with Gasteiger partial charge in [0.15, 0.2) is 0 Å². The second-order valence-corrected chi connectivity index (χ2v) is 7.57. The molecule has 0 aliphatic carbocycles. The maximum absolute atomic E-state index is 11.9. The van der Waals surface area contributed by atoms with Gasteiger partial charge in [-0.1, -0.05) is 5.16 Å². The number of hydrogen-bond acceptors (Lipinski definition) is 6. The van der Waals surface area contributed by atoms with E-state index in [1.807, 2.05) is 6.07 Å². The van der Waals surface area contributed by atoms with Gasteiger partial charge in [0.1, 0.15) is 0 Å². The van der Waals surface area contributed by atoms with Crippen LogP contribution in [0.2, 0.25) is 0 Å². The topological polar surface area (TPSA) is 92.4 Å². The molecule has 0 bridgehead atoms. The lowest BCUT2D eigenvalue weighted by molar-refractivity contribution is 0.178. The molecule has 0 amide bonds. The lowest BCUT2D eigenvalue weighted by Gasteiger charge is -2.38. The van der Waals surface area contributed by atoms with E-state index in [1.165, 1.54) is 22.7 Å². The van der Waals surface area contributed by atoms with Gasteiger partial charge in [-0.3, -0.25) is 4.98 Å². The van der Waals surface area contributed by atoms with E-state index in [0.29, 0.717) is 31.2 Å².